The first kappa shape index (κ1) is 25.9. The Hall–Kier alpha value is -4.18. The number of fused-ring (bicyclic) bond motifs is 1. The van der Waals surface area contributed by atoms with Crippen LogP contribution in [0, 0.1) is 19.7 Å². The van der Waals surface area contributed by atoms with Crippen molar-refractivity contribution in [1.82, 2.24) is 24.3 Å². The molecule has 10 heteroatoms. The highest BCUT2D eigenvalue weighted by Crippen LogP contribution is 2.37. The summed E-state index contributed by atoms with van der Waals surface area (Å²) in [5, 5.41) is 3.31. The van der Waals surface area contributed by atoms with Crippen molar-refractivity contribution in [2.24, 2.45) is 14.1 Å². The highest BCUT2D eigenvalue weighted by molar-refractivity contribution is 6.03. The minimum atomic E-state index is -0.369. The lowest BCUT2D eigenvalue weighted by atomic mass is 10.0. The summed E-state index contributed by atoms with van der Waals surface area (Å²) in [5.41, 5.74) is 2.03. The van der Waals surface area contributed by atoms with E-state index in [0.29, 0.717) is 52.2 Å². The maximum absolute atomic E-state index is 13.9. The topological polar surface area (TPSA) is 101 Å². The molecule has 3 aromatic heterocycles. The summed E-state index contributed by atoms with van der Waals surface area (Å²) < 4.78 is 22.9. The molecule has 2 N–H and O–H groups in total. The number of H-pyrrole nitrogens is 1. The van der Waals surface area contributed by atoms with Gasteiger partial charge in [0.25, 0.3) is 17.0 Å². The molecule has 194 valence electrons. The van der Waals surface area contributed by atoms with Gasteiger partial charge in [0, 0.05) is 56.0 Å². The third kappa shape index (κ3) is 5.19. The molecule has 0 fully saturated rings. The molecule has 9 nitrogen and oxygen atoms in total. The number of halogens is 1. The van der Waals surface area contributed by atoms with Gasteiger partial charge in [-0.2, -0.15) is 0 Å². The zero-order valence-electron chi connectivity index (χ0n) is 21.7. The molecule has 0 radical (unpaired) electrons. The summed E-state index contributed by atoms with van der Waals surface area (Å²) in [6, 6.07) is 5.78. The standard InChI is InChI=1S/C27H30FN5O4/c1-15-9-17(28)10-16(2)25(15)37-22-14-32(5)23(34)12-18(22)20-13-33(6)27(36)24-19(20)11-21(30-24)26(35)29-7-8-31(3)4/h9-14,30H,7-8H2,1-6H3,(H,29,35). The van der Waals surface area contributed by atoms with E-state index in [1.54, 1.807) is 46.4 Å². The number of ether oxygens (including phenoxy) is 1. The number of hydrogen-bond donors (Lipinski definition) is 2. The normalized spacial score (nSPS) is 11.4. The first-order valence-corrected chi connectivity index (χ1v) is 11.8. The Bertz CT molecular complexity index is 1610. The molecule has 4 aromatic rings. The van der Waals surface area contributed by atoms with Crippen LogP contribution in [-0.4, -0.2) is 52.1 Å². The van der Waals surface area contributed by atoms with Crippen molar-refractivity contribution in [3.8, 4) is 22.6 Å². The molecule has 0 aliphatic carbocycles. The summed E-state index contributed by atoms with van der Waals surface area (Å²) in [6.45, 7) is 4.58. The Morgan fingerprint density at radius 3 is 2.35 bits per heavy atom. The number of likely N-dealkylation sites (N-methyl/N-ethyl adjacent to an activating group) is 1. The van der Waals surface area contributed by atoms with Crippen LogP contribution < -0.4 is 21.2 Å². The Morgan fingerprint density at radius 1 is 1.03 bits per heavy atom. The molecule has 3 heterocycles. The zero-order valence-corrected chi connectivity index (χ0v) is 21.7. The molecule has 37 heavy (non-hydrogen) atoms. The largest absolute Gasteiger partial charge is 0.455 e. The number of benzene rings is 1. The van der Waals surface area contributed by atoms with E-state index in [9.17, 15) is 18.8 Å². The summed E-state index contributed by atoms with van der Waals surface area (Å²) in [4.78, 5) is 43.3. The number of amides is 1. The number of rotatable bonds is 7. The average Bonchev–Trinajstić information content (AvgIpc) is 3.26. The summed E-state index contributed by atoms with van der Waals surface area (Å²) in [6.07, 6.45) is 3.16. The van der Waals surface area contributed by atoms with Gasteiger partial charge in [0.15, 0.2) is 5.75 Å². The van der Waals surface area contributed by atoms with Crippen LogP contribution in [0.1, 0.15) is 21.6 Å². The van der Waals surface area contributed by atoms with Gasteiger partial charge in [0.2, 0.25) is 0 Å². The Labute approximate surface area is 213 Å². The molecule has 0 bridgehead atoms. The van der Waals surface area contributed by atoms with Crippen molar-refractivity contribution >= 4 is 16.8 Å². The zero-order chi connectivity index (χ0) is 27.0. The molecule has 0 atom stereocenters. The lowest BCUT2D eigenvalue weighted by molar-refractivity contribution is 0.0947. The minimum absolute atomic E-state index is 0.231. The Morgan fingerprint density at radius 2 is 1.70 bits per heavy atom. The number of nitrogens with zero attached hydrogens (tertiary/aromatic N) is 3. The fourth-order valence-electron chi connectivity index (χ4n) is 4.22. The van der Waals surface area contributed by atoms with Gasteiger partial charge >= 0.3 is 0 Å². The van der Waals surface area contributed by atoms with Crippen molar-refractivity contribution in [1.29, 1.82) is 0 Å². The number of aromatic nitrogens is 3. The van der Waals surface area contributed by atoms with Crippen LogP contribution >= 0.6 is 0 Å². The van der Waals surface area contributed by atoms with Gasteiger partial charge in [0.1, 0.15) is 22.8 Å². The van der Waals surface area contributed by atoms with Gasteiger partial charge in [-0.25, -0.2) is 4.39 Å². The summed E-state index contributed by atoms with van der Waals surface area (Å²) in [7, 11) is 7.01. The molecule has 0 saturated carbocycles. The second-order valence-corrected chi connectivity index (χ2v) is 9.46. The average molecular weight is 508 g/mol. The quantitative estimate of drug-likeness (QED) is 0.400. The SMILES string of the molecule is Cc1cc(F)cc(C)c1Oc1cn(C)c(=O)cc1-c1cn(C)c(=O)c2[nH]c(C(=O)NCCN(C)C)cc12. The van der Waals surface area contributed by atoms with Gasteiger partial charge in [-0.3, -0.25) is 14.4 Å². The monoisotopic (exact) mass is 507 g/mol. The fourth-order valence-corrected chi connectivity index (χ4v) is 4.22. The number of carbonyl (C=O) groups is 1. The Balaban J connectivity index is 1.88. The Kier molecular flexibility index (Phi) is 7.04. The molecule has 1 aromatic carbocycles. The van der Waals surface area contributed by atoms with E-state index < -0.39 is 0 Å². The van der Waals surface area contributed by atoms with E-state index in [1.165, 1.54) is 27.3 Å². The maximum Gasteiger partial charge on any atom is 0.274 e. The van der Waals surface area contributed by atoms with E-state index in [2.05, 4.69) is 10.3 Å². The fraction of sp³-hybridized carbons (Fsp3) is 0.296. The molecule has 0 saturated heterocycles. The van der Waals surface area contributed by atoms with E-state index in [1.807, 2.05) is 19.0 Å². The van der Waals surface area contributed by atoms with Crippen molar-refractivity contribution in [2.45, 2.75) is 13.8 Å². The highest BCUT2D eigenvalue weighted by Gasteiger charge is 2.20. The molecular formula is C27H30FN5O4. The van der Waals surface area contributed by atoms with E-state index >= 15 is 0 Å². The van der Waals surface area contributed by atoms with Crippen molar-refractivity contribution in [2.75, 3.05) is 27.2 Å². The predicted molar refractivity (Wildman–Crippen MR) is 141 cm³/mol. The van der Waals surface area contributed by atoms with Crippen molar-refractivity contribution < 1.29 is 13.9 Å². The van der Waals surface area contributed by atoms with Crippen molar-refractivity contribution in [3.63, 3.8) is 0 Å². The lowest BCUT2D eigenvalue weighted by Crippen LogP contribution is -2.31. The minimum Gasteiger partial charge on any atom is -0.455 e. The van der Waals surface area contributed by atoms with Crippen LogP contribution in [0.5, 0.6) is 11.5 Å². The van der Waals surface area contributed by atoms with E-state index in [4.69, 9.17) is 4.74 Å². The number of aryl methyl sites for hydroxylation is 4. The van der Waals surface area contributed by atoms with Crippen LogP contribution in [0.3, 0.4) is 0 Å². The van der Waals surface area contributed by atoms with Gasteiger partial charge in [-0.05, 0) is 57.3 Å². The van der Waals surface area contributed by atoms with Gasteiger partial charge in [-0.15, -0.1) is 0 Å². The second kappa shape index (κ2) is 10.1. The third-order valence-electron chi connectivity index (χ3n) is 6.17. The maximum atomic E-state index is 13.9. The van der Waals surface area contributed by atoms with Crippen molar-refractivity contribution in [3.05, 3.63) is 80.0 Å². The number of pyridine rings is 2. The first-order valence-electron chi connectivity index (χ1n) is 11.8. The van der Waals surface area contributed by atoms with Crippen LogP contribution in [-0.2, 0) is 14.1 Å². The van der Waals surface area contributed by atoms with Crippen LogP contribution in [0.25, 0.3) is 22.0 Å². The molecular weight excluding hydrogens is 477 g/mol. The molecule has 0 unspecified atom stereocenters. The van der Waals surface area contributed by atoms with Crippen LogP contribution in [0.4, 0.5) is 4.39 Å². The number of aromatic amines is 1. The summed E-state index contributed by atoms with van der Waals surface area (Å²) in [5.74, 6) is 0.103. The lowest BCUT2D eigenvalue weighted by Gasteiger charge is -2.17. The molecule has 4 rings (SSSR count). The smallest absolute Gasteiger partial charge is 0.274 e. The van der Waals surface area contributed by atoms with Gasteiger partial charge in [-0.1, -0.05) is 0 Å². The predicted octanol–water partition coefficient (Wildman–Crippen LogP) is 3.07. The highest BCUT2D eigenvalue weighted by atomic mass is 19.1. The molecule has 0 aliphatic rings. The van der Waals surface area contributed by atoms with E-state index in [-0.39, 0.29) is 34.1 Å². The molecule has 1 amide bonds. The summed E-state index contributed by atoms with van der Waals surface area (Å²) >= 11 is 0. The second-order valence-electron chi connectivity index (χ2n) is 9.46. The van der Waals surface area contributed by atoms with Crippen LogP contribution in [0.2, 0.25) is 0 Å². The number of hydrogen-bond acceptors (Lipinski definition) is 5. The van der Waals surface area contributed by atoms with Crippen LogP contribution in [0.15, 0.2) is 46.2 Å². The first-order chi connectivity index (χ1) is 17.5. The number of carbonyl (C=O) groups excluding carboxylic acids is 1. The van der Waals surface area contributed by atoms with Gasteiger partial charge in [0.05, 0.1) is 6.20 Å². The molecule has 0 aliphatic heterocycles. The van der Waals surface area contributed by atoms with Gasteiger partial charge < -0.3 is 29.1 Å². The van der Waals surface area contributed by atoms with E-state index in [0.717, 1.165) is 0 Å². The number of nitrogens with one attached hydrogen (secondary N) is 2. The third-order valence-corrected chi connectivity index (χ3v) is 6.17. The molecule has 0 spiro atoms.